The Hall–Kier alpha value is -1.87. The third kappa shape index (κ3) is 3.14. The van der Waals surface area contributed by atoms with Crippen LogP contribution < -0.4 is 5.32 Å². The third-order valence-corrected chi connectivity index (χ3v) is 4.50. The Balaban J connectivity index is 1.62. The smallest absolute Gasteiger partial charge is 0.224 e. The normalized spacial score (nSPS) is 21.2. The Morgan fingerprint density at radius 1 is 1.23 bits per heavy atom. The van der Waals surface area contributed by atoms with E-state index in [0.717, 1.165) is 22.6 Å². The number of amides is 1. The molecule has 114 valence electrons. The number of rotatable bonds is 4. The first-order valence-electron chi connectivity index (χ1n) is 7.36. The number of hydrogen-bond acceptors (Lipinski definition) is 1. The van der Waals surface area contributed by atoms with E-state index < -0.39 is 0 Å². The minimum absolute atomic E-state index is 0.0252. The number of halogens is 2. The molecule has 4 heteroatoms. The van der Waals surface area contributed by atoms with Gasteiger partial charge in [0.15, 0.2) is 0 Å². The topological polar surface area (TPSA) is 29.1 Å². The number of carbonyl (C=O) groups is 1. The van der Waals surface area contributed by atoms with Gasteiger partial charge in [-0.05, 0) is 48.6 Å². The van der Waals surface area contributed by atoms with Gasteiger partial charge in [0, 0.05) is 10.9 Å². The summed E-state index contributed by atoms with van der Waals surface area (Å²) < 4.78 is 12.9. The Labute approximate surface area is 134 Å². The van der Waals surface area contributed by atoms with Crippen molar-refractivity contribution in [3.05, 3.63) is 70.5 Å². The van der Waals surface area contributed by atoms with Crippen LogP contribution in [0.2, 0.25) is 5.02 Å². The molecule has 0 saturated heterocycles. The van der Waals surface area contributed by atoms with Crippen molar-refractivity contribution in [2.24, 2.45) is 5.92 Å². The molecular formula is C18H17ClFNO. The molecule has 1 aliphatic carbocycles. The molecule has 3 atom stereocenters. The first-order valence-corrected chi connectivity index (χ1v) is 7.74. The number of carbonyl (C=O) groups excluding carboxylic acids is 1. The second kappa shape index (κ2) is 6.09. The van der Waals surface area contributed by atoms with Crippen molar-refractivity contribution < 1.29 is 9.18 Å². The maximum absolute atomic E-state index is 12.9. The zero-order valence-electron chi connectivity index (χ0n) is 12.2. The van der Waals surface area contributed by atoms with Crippen molar-refractivity contribution in [1.29, 1.82) is 0 Å². The third-order valence-electron chi connectivity index (χ3n) is 4.16. The van der Waals surface area contributed by atoms with Crippen LogP contribution in [0.25, 0.3) is 0 Å². The Bertz CT molecular complexity index is 686. The minimum atomic E-state index is -0.275. The summed E-state index contributed by atoms with van der Waals surface area (Å²) in [6, 6.07) is 13.7. The number of nitrogens with one attached hydrogen (secondary N) is 1. The van der Waals surface area contributed by atoms with Crippen LogP contribution >= 0.6 is 11.6 Å². The monoisotopic (exact) mass is 317 g/mol. The average molecular weight is 318 g/mol. The summed E-state index contributed by atoms with van der Waals surface area (Å²) >= 11 is 6.18. The Morgan fingerprint density at radius 2 is 1.91 bits per heavy atom. The Kier molecular flexibility index (Phi) is 4.16. The van der Waals surface area contributed by atoms with E-state index in [1.165, 1.54) is 12.1 Å². The highest BCUT2D eigenvalue weighted by molar-refractivity contribution is 6.31. The number of benzene rings is 2. The van der Waals surface area contributed by atoms with E-state index in [9.17, 15) is 9.18 Å². The van der Waals surface area contributed by atoms with Crippen LogP contribution in [0.3, 0.4) is 0 Å². The van der Waals surface area contributed by atoms with Gasteiger partial charge in [0.2, 0.25) is 5.91 Å². The SMILES string of the molecule is CC(NC(=O)C1CC1c1ccccc1Cl)c1ccc(F)cc1. The maximum atomic E-state index is 12.9. The van der Waals surface area contributed by atoms with Crippen LogP contribution in [0, 0.1) is 11.7 Å². The van der Waals surface area contributed by atoms with Gasteiger partial charge in [-0.25, -0.2) is 4.39 Å². The molecule has 0 radical (unpaired) electrons. The summed E-state index contributed by atoms with van der Waals surface area (Å²) in [5.41, 5.74) is 1.93. The quantitative estimate of drug-likeness (QED) is 0.886. The summed E-state index contributed by atoms with van der Waals surface area (Å²) in [5, 5.41) is 3.71. The van der Waals surface area contributed by atoms with Crippen LogP contribution in [-0.4, -0.2) is 5.91 Å². The zero-order valence-corrected chi connectivity index (χ0v) is 13.0. The van der Waals surface area contributed by atoms with Gasteiger partial charge < -0.3 is 5.32 Å². The summed E-state index contributed by atoms with van der Waals surface area (Å²) in [6.07, 6.45) is 0.825. The molecule has 1 saturated carbocycles. The molecule has 0 aromatic heterocycles. The molecule has 1 amide bonds. The van der Waals surface area contributed by atoms with Gasteiger partial charge in [-0.15, -0.1) is 0 Å². The van der Waals surface area contributed by atoms with Crippen molar-refractivity contribution in [1.82, 2.24) is 5.32 Å². The fourth-order valence-electron chi connectivity index (χ4n) is 2.76. The fraction of sp³-hybridized carbons (Fsp3) is 0.278. The van der Waals surface area contributed by atoms with Gasteiger partial charge in [-0.1, -0.05) is 41.9 Å². The van der Waals surface area contributed by atoms with Gasteiger partial charge in [0.05, 0.1) is 6.04 Å². The van der Waals surface area contributed by atoms with Crippen LogP contribution in [0.4, 0.5) is 4.39 Å². The number of hydrogen-bond donors (Lipinski definition) is 1. The highest BCUT2D eigenvalue weighted by atomic mass is 35.5. The molecule has 2 aromatic rings. The largest absolute Gasteiger partial charge is 0.349 e. The van der Waals surface area contributed by atoms with Crippen molar-refractivity contribution in [2.45, 2.75) is 25.3 Å². The summed E-state index contributed by atoms with van der Waals surface area (Å²) in [6.45, 7) is 1.90. The first-order chi connectivity index (χ1) is 10.6. The van der Waals surface area contributed by atoms with E-state index in [0.29, 0.717) is 0 Å². The molecule has 0 spiro atoms. The molecular weight excluding hydrogens is 301 g/mol. The highest BCUT2D eigenvalue weighted by Gasteiger charge is 2.45. The van der Waals surface area contributed by atoms with Crippen molar-refractivity contribution in [3.63, 3.8) is 0 Å². The van der Waals surface area contributed by atoms with Gasteiger partial charge >= 0.3 is 0 Å². The second-order valence-corrected chi connectivity index (χ2v) is 6.16. The highest BCUT2D eigenvalue weighted by Crippen LogP contribution is 2.49. The van der Waals surface area contributed by atoms with Crippen LogP contribution in [0.5, 0.6) is 0 Å². The molecule has 1 fully saturated rings. The lowest BCUT2D eigenvalue weighted by atomic mass is 10.1. The average Bonchev–Trinajstić information content (AvgIpc) is 3.28. The van der Waals surface area contributed by atoms with E-state index in [-0.39, 0.29) is 29.6 Å². The van der Waals surface area contributed by atoms with Crippen molar-refractivity contribution in [3.8, 4) is 0 Å². The van der Waals surface area contributed by atoms with Gasteiger partial charge in [0.1, 0.15) is 5.82 Å². The summed E-state index contributed by atoms with van der Waals surface area (Å²) in [4.78, 5) is 12.3. The lowest BCUT2D eigenvalue weighted by Gasteiger charge is -2.14. The van der Waals surface area contributed by atoms with E-state index in [4.69, 9.17) is 11.6 Å². The standard InChI is InChI=1S/C18H17ClFNO/c1-11(12-6-8-13(20)9-7-12)21-18(22)16-10-15(16)14-4-2-3-5-17(14)19/h2-9,11,15-16H,10H2,1H3,(H,21,22). The van der Waals surface area contributed by atoms with Crippen LogP contribution in [-0.2, 0) is 4.79 Å². The van der Waals surface area contributed by atoms with E-state index >= 15 is 0 Å². The first kappa shape index (κ1) is 15.0. The molecule has 2 nitrogen and oxygen atoms in total. The second-order valence-electron chi connectivity index (χ2n) is 5.75. The lowest BCUT2D eigenvalue weighted by molar-refractivity contribution is -0.123. The molecule has 0 heterocycles. The summed E-state index contributed by atoms with van der Waals surface area (Å²) in [5.74, 6) is -0.0677. The zero-order chi connectivity index (χ0) is 15.7. The van der Waals surface area contributed by atoms with Crippen LogP contribution in [0.15, 0.2) is 48.5 Å². The molecule has 3 rings (SSSR count). The van der Waals surface area contributed by atoms with E-state index in [1.54, 1.807) is 12.1 Å². The van der Waals surface area contributed by atoms with Crippen molar-refractivity contribution >= 4 is 17.5 Å². The predicted octanol–water partition coefficient (Wildman–Crippen LogP) is 4.46. The molecule has 2 aromatic carbocycles. The van der Waals surface area contributed by atoms with Gasteiger partial charge in [-0.2, -0.15) is 0 Å². The van der Waals surface area contributed by atoms with Crippen molar-refractivity contribution in [2.75, 3.05) is 0 Å². The molecule has 22 heavy (non-hydrogen) atoms. The predicted molar refractivity (Wildman–Crippen MR) is 85.3 cm³/mol. The molecule has 0 bridgehead atoms. The summed E-state index contributed by atoms with van der Waals surface area (Å²) in [7, 11) is 0. The Morgan fingerprint density at radius 3 is 2.59 bits per heavy atom. The van der Waals surface area contributed by atoms with E-state index in [2.05, 4.69) is 5.32 Å². The molecule has 1 aliphatic rings. The maximum Gasteiger partial charge on any atom is 0.224 e. The fourth-order valence-corrected chi connectivity index (χ4v) is 3.04. The molecule has 3 unspecified atom stereocenters. The molecule has 0 aliphatic heterocycles. The minimum Gasteiger partial charge on any atom is -0.349 e. The molecule has 1 N–H and O–H groups in total. The van der Waals surface area contributed by atoms with E-state index in [1.807, 2.05) is 31.2 Å². The van der Waals surface area contributed by atoms with Crippen LogP contribution in [0.1, 0.15) is 36.4 Å². The lowest BCUT2D eigenvalue weighted by Crippen LogP contribution is -2.28. The van der Waals surface area contributed by atoms with Gasteiger partial charge in [-0.3, -0.25) is 4.79 Å². The van der Waals surface area contributed by atoms with Gasteiger partial charge in [0.25, 0.3) is 0 Å².